The van der Waals surface area contributed by atoms with Crippen LogP contribution in [0.2, 0.25) is 0 Å². The van der Waals surface area contributed by atoms with Crippen LogP contribution in [0.1, 0.15) is 44.1 Å². The van der Waals surface area contributed by atoms with Gasteiger partial charge in [-0.1, -0.05) is 12.8 Å². The molecule has 2 rings (SSSR count). The maximum Gasteiger partial charge on any atom is 0.303 e. The van der Waals surface area contributed by atoms with Gasteiger partial charge >= 0.3 is 5.97 Å². The van der Waals surface area contributed by atoms with Crippen molar-refractivity contribution in [2.24, 2.45) is 5.41 Å². The van der Waals surface area contributed by atoms with Gasteiger partial charge in [0.05, 0.1) is 10.2 Å². The molecule has 0 spiro atoms. The van der Waals surface area contributed by atoms with E-state index in [0.29, 0.717) is 13.0 Å². The van der Waals surface area contributed by atoms with E-state index in [-0.39, 0.29) is 17.7 Å². The summed E-state index contributed by atoms with van der Waals surface area (Å²) in [6.45, 7) is 0.573. The van der Waals surface area contributed by atoms with Crippen LogP contribution >= 0.6 is 27.3 Å². The molecule has 0 atom stereocenters. The Morgan fingerprint density at radius 3 is 2.57 bits per heavy atom. The number of hydrogen-bond acceptors (Lipinski definition) is 3. The summed E-state index contributed by atoms with van der Waals surface area (Å²) in [6, 6.07) is 2.01. The second-order valence-corrected chi connectivity index (χ2v) is 8.25. The van der Waals surface area contributed by atoms with Gasteiger partial charge in [-0.05, 0) is 51.2 Å². The van der Waals surface area contributed by atoms with Crippen LogP contribution in [0.4, 0.5) is 0 Å². The third-order valence-electron chi connectivity index (χ3n) is 4.18. The molecule has 0 aliphatic heterocycles. The molecule has 0 bridgehead atoms. The molecule has 1 amide bonds. The van der Waals surface area contributed by atoms with Gasteiger partial charge in [-0.15, -0.1) is 11.3 Å². The predicted molar refractivity (Wildman–Crippen MR) is 86.3 cm³/mol. The Balaban J connectivity index is 1.96. The van der Waals surface area contributed by atoms with Gasteiger partial charge in [-0.3, -0.25) is 9.59 Å². The van der Waals surface area contributed by atoms with Crippen molar-refractivity contribution in [3.05, 3.63) is 20.8 Å². The van der Waals surface area contributed by atoms with E-state index >= 15 is 0 Å². The lowest BCUT2D eigenvalue weighted by molar-refractivity contribution is -0.141. The van der Waals surface area contributed by atoms with Crippen molar-refractivity contribution in [1.29, 1.82) is 0 Å². The molecule has 0 unspecified atom stereocenters. The molecule has 0 radical (unpaired) electrons. The highest BCUT2D eigenvalue weighted by molar-refractivity contribution is 9.11. The van der Waals surface area contributed by atoms with E-state index in [4.69, 9.17) is 5.11 Å². The summed E-state index contributed by atoms with van der Waals surface area (Å²) < 4.78 is 1.05. The molecular weight excluding hydrogens is 354 g/mol. The van der Waals surface area contributed by atoms with Crippen molar-refractivity contribution < 1.29 is 14.7 Å². The zero-order valence-electron chi connectivity index (χ0n) is 12.1. The number of halogens is 1. The van der Waals surface area contributed by atoms with E-state index in [2.05, 4.69) is 15.9 Å². The maximum absolute atomic E-state index is 12.4. The van der Waals surface area contributed by atoms with Gasteiger partial charge in [0, 0.05) is 20.0 Å². The van der Waals surface area contributed by atoms with E-state index in [9.17, 15) is 9.59 Å². The minimum atomic E-state index is -0.797. The first-order chi connectivity index (χ1) is 9.90. The summed E-state index contributed by atoms with van der Waals surface area (Å²) in [6.07, 6.45) is 4.22. The lowest BCUT2D eigenvalue weighted by Gasteiger charge is -2.29. The Hall–Kier alpha value is -0.880. The molecule has 1 N–H and O–H groups in total. The number of thiophene rings is 1. The second-order valence-electron chi connectivity index (χ2n) is 5.96. The van der Waals surface area contributed by atoms with E-state index in [1.54, 1.807) is 23.3 Å². The zero-order chi connectivity index (χ0) is 15.5. The molecule has 116 valence electrons. The number of rotatable bonds is 6. The van der Waals surface area contributed by atoms with Crippen molar-refractivity contribution >= 4 is 39.1 Å². The van der Waals surface area contributed by atoms with Crippen LogP contribution in [0, 0.1) is 5.41 Å². The first-order valence-corrected chi connectivity index (χ1v) is 8.76. The van der Waals surface area contributed by atoms with Crippen LogP contribution in [-0.2, 0) is 16.1 Å². The minimum Gasteiger partial charge on any atom is -0.481 e. The summed E-state index contributed by atoms with van der Waals surface area (Å²) in [7, 11) is 1.79. The van der Waals surface area contributed by atoms with E-state index in [0.717, 1.165) is 35.0 Å². The van der Waals surface area contributed by atoms with Gasteiger partial charge in [0.25, 0.3) is 0 Å². The molecule has 1 aliphatic carbocycles. The van der Waals surface area contributed by atoms with Crippen LogP contribution in [0.15, 0.2) is 15.2 Å². The highest BCUT2D eigenvalue weighted by Gasteiger charge is 2.38. The van der Waals surface area contributed by atoms with Gasteiger partial charge in [0.15, 0.2) is 0 Å². The maximum atomic E-state index is 12.4. The molecule has 1 aromatic heterocycles. The van der Waals surface area contributed by atoms with Crippen LogP contribution in [-0.4, -0.2) is 28.9 Å². The standard InChI is InChI=1S/C15H20BrNO3S/c1-17(9-11-6-12(16)21-10-11)13(18)7-15(8-14(19)20)4-2-3-5-15/h6,10H,2-5,7-9H2,1H3,(H,19,20). The topological polar surface area (TPSA) is 57.6 Å². The zero-order valence-corrected chi connectivity index (χ0v) is 14.5. The van der Waals surface area contributed by atoms with Crippen molar-refractivity contribution in [3.8, 4) is 0 Å². The van der Waals surface area contributed by atoms with E-state index in [1.165, 1.54) is 0 Å². The fourth-order valence-corrected chi connectivity index (χ4v) is 4.31. The molecule has 6 heteroatoms. The average molecular weight is 374 g/mol. The van der Waals surface area contributed by atoms with Crippen molar-refractivity contribution in [1.82, 2.24) is 4.90 Å². The lowest BCUT2D eigenvalue weighted by atomic mass is 9.79. The molecule has 1 saturated carbocycles. The summed E-state index contributed by atoms with van der Waals surface area (Å²) in [5, 5.41) is 11.1. The Labute approximate surface area is 137 Å². The second kappa shape index (κ2) is 6.92. The minimum absolute atomic E-state index is 0.0421. The smallest absolute Gasteiger partial charge is 0.303 e. The van der Waals surface area contributed by atoms with Crippen LogP contribution in [0.25, 0.3) is 0 Å². The lowest BCUT2D eigenvalue weighted by Crippen LogP contribution is -2.33. The number of carbonyl (C=O) groups excluding carboxylic acids is 1. The highest BCUT2D eigenvalue weighted by Crippen LogP contribution is 2.44. The fourth-order valence-electron chi connectivity index (χ4n) is 3.11. The fraction of sp³-hybridized carbons (Fsp3) is 0.600. The molecule has 0 saturated heterocycles. The van der Waals surface area contributed by atoms with Crippen molar-refractivity contribution in [2.45, 2.75) is 45.1 Å². The van der Waals surface area contributed by atoms with Gasteiger partial charge in [-0.25, -0.2) is 0 Å². The van der Waals surface area contributed by atoms with Gasteiger partial charge in [0.1, 0.15) is 0 Å². The summed E-state index contributed by atoms with van der Waals surface area (Å²) in [5.41, 5.74) is 0.772. The first-order valence-electron chi connectivity index (χ1n) is 7.09. The molecule has 0 aromatic carbocycles. The summed E-state index contributed by atoms with van der Waals surface area (Å²) >= 11 is 5.02. The SMILES string of the molecule is CN(Cc1csc(Br)c1)C(=O)CC1(CC(=O)O)CCCC1. The Bertz CT molecular complexity index is 523. The molecule has 1 aromatic rings. The summed E-state index contributed by atoms with van der Waals surface area (Å²) in [5.74, 6) is -0.755. The Morgan fingerprint density at radius 2 is 2.05 bits per heavy atom. The number of hydrogen-bond donors (Lipinski definition) is 1. The Kier molecular flexibility index (Phi) is 5.43. The molecule has 4 nitrogen and oxygen atoms in total. The number of nitrogens with zero attached hydrogens (tertiary/aromatic N) is 1. The molecular formula is C15H20BrNO3S. The van der Waals surface area contributed by atoms with Crippen LogP contribution < -0.4 is 0 Å². The average Bonchev–Trinajstić information content (AvgIpc) is 2.98. The van der Waals surface area contributed by atoms with Crippen LogP contribution in [0.3, 0.4) is 0 Å². The van der Waals surface area contributed by atoms with Crippen LogP contribution in [0.5, 0.6) is 0 Å². The van der Waals surface area contributed by atoms with E-state index < -0.39 is 5.97 Å². The largest absolute Gasteiger partial charge is 0.481 e. The van der Waals surface area contributed by atoms with Gasteiger partial charge in [-0.2, -0.15) is 0 Å². The van der Waals surface area contributed by atoms with Crippen molar-refractivity contribution in [2.75, 3.05) is 7.05 Å². The number of carboxylic acid groups (broad SMARTS) is 1. The number of aliphatic carboxylic acids is 1. The van der Waals surface area contributed by atoms with Gasteiger partial charge < -0.3 is 10.0 Å². The molecule has 1 aliphatic rings. The Morgan fingerprint density at radius 1 is 1.38 bits per heavy atom. The number of carbonyl (C=O) groups is 2. The number of carboxylic acids is 1. The third-order valence-corrected chi connectivity index (χ3v) is 5.74. The molecule has 1 fully saturated rings. The van der Waals surface area contributed by atoms with Crippen molar-refractivity contribution in [3.63, 3.8) is 0 Å². The third kappa shape index (κ3) is 4.54. The first kappa shape index (κ1) is 16.5. The van der Waals surface area contributed by atoms with Gasteiger partial charge in [0.2, 0.25) is 5.91 Å². The molecule has 1 heterocycles. The number of amides is 1. The summed E-state index contributed by atoms with van der Waals surface area (Å²) in [4.78, 5) is 25.2. The predicted octanol–water partition coefficient (Wildman–Crippen LogP) is 3.89. The quantitative estimate of drug-likeness (QED) is 0.822. The normalized spacial score (nSPS) is 16.9. The highest BCUT2D eigenvalue weighted by atomic mass is 79.9. The van der Waals surface area contributed by atoms with E-state index in [1.807, 2.05) is 11.4 Å². The monoisotopic (exact) mass is 373 g/mol. The molecule has 21 heavy (non-hydrogen) atoms.